The molecule has 0 spiro atoms. The summed E-state index contributed by atoms with van der Waals surface area (Å²) in [5.41, 5.74) is 0.932. The van der Waals surface area contributed by atoms with Gasteiger partial charge in [-0.1, -0.05) is 46.3 Å². The Kier molecular flexibility index (Phi) is 5.61. The average Bonchev–Trinajstić information content (AvgIpc) is 2.50. The first-order chi connectivity index (χ1) is 10.4. The van der Waals surface area contributed by atoms with Gasteiger partial charge in [0.1, 0.15) is 10.6 Å². The maximum absolute atomic E-state index is 12.8. The Hall–Kier alpha value is -1.37. The van der Waals surface area contributed by atoms with Crippen molar-refractivity contribution >= 4 is 26.0 Å². The second-order valence-corrected chi connectivity index (χ2v) is 7.70. The molecule has 0 fully saturated rings. The highest BCUT2D eigenvalue weighted by Gasteiger charge is 2.25. The molecule has 2 aromatic rings. The maximum Gasteiger partial charge on any atom is 0.246 e. The molecular weight excluding hydrogens is 366 g/mol. The molecule has 0 aliphatic rings. The molecular formula is C16H18BrNO3S. The van der Waals surface area contributed by atoms with Crippen LogP contribution in [0.3, 0.4) is 0 Å². The first-order valence-electron chi connectivity index (χ1n) is 6.87. The lowest BCUT2D eigenvalue weighted by Gasteiger charge is -2.19. The lowest BCUT2D eigenvalue weighted by atomic mass is 10.2. The zero-order valence-electron chi connectivity index (χ0n) is 12.5. The fourth-order valence-electron chi connectivity index (χ4n) is 2.05. The normalized spacial score (nSPS) is 11.6. The molecule has 6 heteroatoms. The number of benzene rings is 2. The number of ether oxygens (including phenoxy) is 1. The Morgan fingerprint density at radius 2 is 1.82 bits per heavy atom. The quantitative estimate of drug-likeness (QED) is 0.764. The van der Waals surface area contributed by atoms with Crippen molar-refractivity contribution in [2.24, 2.45) is 0 Å². The smallest absolute Gasteiger partial charge is 0.246 e. The lowest BCUT2D eigenvalue weighted by molar-refractivity contribution is 0.329. The van der Waals surface area contributed by atoms with E-state index in [1.165, 1.54) is 4.31 Å². The molecule has 2 rings (SSSR count). The van der Waals surface area contributed by atoms with E-state index in [-0.39, 0.29) is 4.90 Å². The zero-order chi connectivity index (χ0) is 16.2. The highest BCUT2D eigenvalue weighted by Crippen LogP contribution is 2.30. The van der Waals surface area contributed by atoms with Crippen molar-refractivity contribution in [2.75, 3.05) is 13.7 Å². The van der Waals surface area contributed by atoms with Crippen LogP contribution < -0.4 is 4.74 Å². The third-order valence-corrected chi connectivity index (χ3v) is 5.46. The second-order valence-electron chi connectivity index (χ2n) is 4.77. The van der Waals surface area contributed by atoms with Gasteiger partial charge < -0.3 is 4.74 Å². The molecule has 0 unspecified atom stereocenters. The van der Waals surface area contributed by atoms with Gasteiger partial charge in [0.2, 0.25) is 10.0 Å². The average molecular weight is 384 g/mol. The van der Waals surface area contributed by atoms with E-state index in [9.17, 15) is 8.42 Å². The van der Waals surface area contributed by atoms with Crippen LogP contribution in [0.4, 0.5) is 0 Å². The van der Waals surface area contributed by atoms with Crippen LogP contribution in [0.5, 0.6) is 5.75 Å². The summed E-state index contributed by atoms with van der Waals surface area (Å²) >= 11 is 3.32. The van der Waals surface area contributed by atoms with Crippen molar-refractivity contribution in [1.29, 1.82) is 0 Å². The monoisotopic (exact) mass is 383 g/mol. The number of halogens is 1. The van der Waals surface area contributed by atoms with Crippen LogP contribution in [0.1, 0.15) is 12.5 Å². The van der Waals surface area contributed by atoms with Crippen molar-refractivity contribution in [1.82, 2.24) is 4.31 Å². The molecule has 0 aliphatic carbocycles. The molecule has 0 amide bonds. The third kappa shape index (κ3) is 3.88. The van der Waals surface area contributed by atoms with Gasteiger partial charge in [0.05, 0.1) is 6.61 Å². The highest BCUT2D eigenvalue weighted by molar-refractivity contribution is 9.10. The number of hydrogen-bond donors (Lipinski definition) is 0. The molecule has 4 nitrogen and oxygen atoms in total. The summed E-state index contributed by atoms with van der Waals surface area (Å²) in [6.45, 7) is 2.54. The van der Waals surface area contributed by atoms with Crippen molar-refractivity contribution in [3.8, 4) is 5.75 Å². The number of sulfonamides is 1. The molecule has 22 heavy (non-hydrogen) atoms. The first-order valence-corrected chi connectivity index (χ1v) is 9.11. The molecule has 118 valence electrons. The van der Waals surface area contributed by atoms with E-state index in [0.29, 0.717) is 23.4 Å². The van der Waals surface area contributed by atoms with Crippen LogP contribution in [-0.2, 0) is 16.6 Å². The standard InChI is InChI=1S/C16H18BrNO3S/c1-3-21-15-10-9-14(17)11-16(15)22(19,20)18(2)12-13-7-5-4-6-8-13/h4-11H,3,12H2,1-2H3. The number of nitrogens with zero attached hydrogens (tertiary/aromatic N) is 1. The molecule has 0 heterocycles. The Bertz CT molecular complexity index is 732. The molecule has 0 aliphatic heterocycles. The van der Waals surface area contributed by atoms with E-state index in [1.807, 2.05) is 37.3 Å². The van der Waals surface area contributed by atoms with Gasteiger partial charge in [-0.2, -0.15) is 4.31 Å². The minimum absolute atomic E-state index is 0.169. The molecule has 0 saturated carbocycles. The van der Waals surface area contributed by atoms with E-state index < -0.39 is 10.0 Å². The van der Waals surface area contributed by atoms with E-state index >= 15 is 0 Å². The van der Waals surface area contributed by atoms with Crippen LogP contribution in [0.25, 0.3) is 0 Å². The molecule has 0 saturated heterocycles. The van der Waals surface area contributed by atoms with Gasteiger partial charge in [-0.15, -0.1) is 0 Å². The van der Waals surface area contributed by atoms with Gasteiger partial charge in [-0.05, 0) is 30.7 Å². The Morgan fingerprint density at radius 3 is 2.45 bits per heavy atom. The van der Waals surface area contributed by atoms with Gasteiger partial charge in [-0.25, -0.2) is 8.42 Å². The predicted octanol–water partition coefficient (Wildman–Crippen LogP) is 3.67. The topological polar surface area (TPSA) is 46.6 Å². The summed E-state index contributed by atoms with van der Waals surface area (Å²) < 4.78 is 33.1. The second kappa shape index (κ2) is 7.26. The molecule has 0 bridgehead atoms. The maximum atomic E-state index is 12.8. The highest BCUT2D eigenvalue weighted by atomic mass is 79.9. The number of hydrogen-bond acceptors (Lipinski definition) is 3. The van der Waals surface area contributed by atoms with Crippen LogP contribution >= 0.6 is 15.9 Å². The van der Waals surface area contributed by atoms with Crippen molar-refractivity contribution in [3.05, 3.63) is 58.6 Å². The molecule has 0 N–H and O–H groups in total. The van der Waals surface area contributed by atoms with Crippen LogP contribution in [0.2, 0.25) is 0 Å². The molecule has 2 aromatic carbocycles. The van der Waals surface area contributed by atoms with Gasteiger partial charge in [0.15, 0.2) is 0 Å². The fraction of sp³-hybridized carbons (Fsp3) is 0.250. The van der Waals surface area contributed by atoms with Crippen molar-refractivity contribution in [3.63, 3.8) is 0 Å². The minimum Gasteiger partial charge on any atom is -0.492 e. The van der Waals surface area contributed by atoms with Crippen molar-refractivity contribution in [2.45, 2.75) is 18.4 Å². The largest absolute Gasteiger partial charge is 0.492 e. The number of rotatable bonds is 6. The predicted molar refractivity (Wildman–Crippen MR) is 90.4 cm³/mol. The van der Waals surface area contributed by atoms with E-state index in [1.54, 1.807) is 25.2 Å². The summed E-state index contributed by atoms with van der Waals surface area (Å²) in [6.07, 6.45) is 0. The summed E-state index contributed by atoms with van der Waals surface area (Å²) in [7, 11) is -2.07. The summed E-state index contributed by atoms with van der Waals surface area (Å²) in [4.78, 5) is 0.169. The lowest BCUT2D eigenvalue weighted by Crippen LogP contribution is -2.27. The Labute approximate surface area is 139 Å². The summed E-state index contributed by atoms with van der Waals surface area (Å²) in [6, 6.07) is 14.5. The van der Waals surface area contributed by atoms with Gasteiger partial charge in [0.25, 0.3) is 0 Å². The first kappa shape index (κ1) is 17.0. The Balaban J connectivity index is 2.35. The minimum atomic E-state index is -3.63. The molecule has 0 aromatic heterocycles. The van der Waals surface area contributed by atoms with E-state index in [0.717, 1.165) is 5.56 Å². The van der Waals surface area contributed by atoms with Crippen molar-refractivity contribution < 1.29 is 13.2 Å². The molecule has 0 radical (unpaired) electrons. The van der Waals surface area contributed by atoms with Crippen LogP contribution in [-0.4, -0.2) is 26.4 Å². The van der Waals surface area contributed by atoms with Crippen LogP contribution in [0, 0.1) is 0 Å². The fourth-order valence-corrected chi connectivity index (χ4v) is 3.88. The molecule has 0 atom stereocenters. The van der Waals surface area contributed by atoms with E-state index in [2.05, 4.69) is 15.9 Å². The SMILES string of the molecule is CCOc1ccc(Br)cc1S(=O)(=O)N(C)Cc1ccccc1. The van der Waals surface area contributed by atoms with Gasteiger partial charge in [-0.3, -0.25) is 0 Å². The Morgan fingerprint density at radius 1 is 1.14 bits per heavy atom. The van der Waals surface area contributed by atoms with Gasteiger partial charge >= 0.3 is 0 Å². The van der Waals surface area contributed by atoms with E-state index in [4.69, 9.17) is 4.74 Å². The van der Waals surface area contributed by atoms with Gasteiger partial charge in [0, 0.05) is 18.1 Å². The summed E-state index contributed by atoms with van der Waals surface area (Å²) in [5, 5.41) is 0. The third-order valence-electron chi connectivity index (χ3n) is 3.14. The van der Waals surface area contributed by atoms with Crippen LogP contribution in [0.15, 0.2) is 57.9 Å². The zero-order valence-corrected chi connectivity index (χ0v) is 14.9. The summed E-state index contributed by atoms with van der Waals surface area (Å²) in [5.74, 6) is 0.366.